The Bertz CT molecular complexity index is 239. The summed E-state index contributed by atoms with van der Waals surface area (Å²) in [6.07, 6.45) is 0. The summed E-state index contributed by atoms with van der Waals surface area (Å²) in [5.41, 5.74) is 0. The molecule has 1 rings (SSSR count). The highest BCUT2D eigenvalue weighted by Gasteiger charge is 2.03. The molecule has 0 unspecified atom stereocenters. The molecule has 4 heteroatoms. The largest absolute Gasteiger partial charge is 0.207 e. The third-order valence-corrected chi connectivity index (χ3v) is 2.60. The third-order valence-electron chi connectivity index (χ3n) is 0.949. The van der Waals surface area contributed by atoms with Crippen LogP contribution in [-0.2, 0) is 0 Å². The van der Waals surface area contributed by atoms with Gasteiger partial charge in [-0.3, -0.25) is 0 Å². The van der Waals surface area contributed by atoms with Crippen LogP contribution in [-0.4, -0.2) is 0 Å². The Kier molecular flexibility index (Phi) is 2.55. The van der Waals surface area contributed by atoms with Gasteiger partial charge in [-0.2, -0.15) is 0 Å². The molecule has 0 radical (unpaired) electrons. The summed E-state index contributed by atoms with van der Waals surface area (Å²) in [7, 11) is 0. The topological polar surface area (TPSA) is 0 Å². The van der Waals surface area contributed by atoms with Gasteiger partial charge in [-0.25, -0.2) is 4.39 Å². The van der Waals surface area contributed by atoms with Crippen LogP contribution in [0.15, 0.2) is 16.6 Å². The van der Waals surface area contributed by atoms with E-state index in [1.54, 1.807) is 0 Å². The Balaban J connectivity index is 3.31. The third kappa shape index (κ3) is 1.62. The highest BCUT2D eigenvalue weighted by molar-refractivity contribution is 9.10. The molecule has 1 aromatic rings. The van der Waals surface area contributed by atoms with Crippen LogP contribution in [0.2, 0.25) is 10.0 Å². The zero-order chi connectivity index (χ0) is 7.72. The van der Waals surface area contributed by atoms with Gasteiger partial charge in [0.25, 0.3) is 0 Å². The minimum atomic E-state index is -0.402. The van der Waals surface area contributed by atoms with Crippen LogP contribution < -0.4 is 0 Å². The fourth-order valence-corrected chi connectivity index (χ4v) is 1.39. The molecule has 0 aromatic heterocycles. The van der Waals surface area contributed by atoms with E-state index in [2.05, 4.69) is 15.9 Å². The lowest BCUT2D eigenvalue weighted by Gasteiger charge is -1.97. The van der Waals surface area contributed by atoms with E-state index in [-0.39, 0.29) is 5.02 Å². The van der Waals surface area contributed by atoms with Crippen LogP contribution in [0.5, 0.6) is 0 Å². The van der Waals surface area contributed by atoms with Crippen molar-refractivity contribution in [2.24, 2.45) is 0 Å². The summed E-state index contributed by atoms with van der Waals surface area (Å²) in [6, 6.07) is 2.42. The first-order valence-electron chi connectivity index (χ1n) is 2.41. The molecule has 0 atom stereocenters. The van der Waals surface area contributed by atoms with Gasteiger partial charge < -0.3 is 0 Å². The van der Waals surface area contributed by atoms with E-state index in [4.69, 9.17) is 23.2 Å². The molecule has 0 aliphatic heterocycles. The van der Waals surface area contributed by atoms with Crippen molar-refractivity contribution in [2.45, 2.75) is 0 Å². The fraction of sp³-hybridized carbons (Fsp3) is 0. The van der Waals surface area contributed by atoms with E-state index in [0.29, 0.717) is 9.50 Å². The summed E-state index contributed by atoms with van der Waals surface area (Å²) in [4.78, 5) is 0. The highest BCUT2D eigenvalue weighted by Crippen LogP contribution is 2.30. The van der Waals surface area contributed by atoms with Crippen molar-refractivity contribution in [3.05, 3.63) is 32.5 Å². The Labute approximate surface area is 76.1 Å². The van der Waals surface area contributed by atoms with Crippen LogP contribution in [0.4, 0.5) is 4.39 Å². The van der Waals surface area contributed by atoms with E-state index < -0.39 is 5.82 Å². The lowest BCUT2D eigenvalue weighted by Crippen LogP contribution is -1.76. The first-order valence-corrected chi connectivity index (χ1v) is 3.96. The summed E-state index contributed by atoms with van der Waals surface area (Å²) < 4.78 is 12.9. The summed E-state index contributed by atoms with van der Waals surface area (Å²) in [5, 5.41) is 0.552. The van der Waals surface area contributed by atoms with Crippen LogP contribution >= 0.6 is 39.1 Å². The van der Waals surface area contributed by atoms with Crippen molar-refractivity contribution in [2.75, 3.05) is 0 Å². The van der Waals surface area contributed by atoms with Crippen molar-refractivity contribution in [3.8, 4) is 0 Å². The minimum absolute atomic E-state index is 0.216. The smallest absolute Gasteiger partial charge is 0.125 e. The Morgan fingerprint density at radius 1 is 1.30 bits per heavy atom. The average Bonchev–Trinajstić information content (AvgIpc) is 1.82. The van der Waals surface area contributed by atoms with E-state index in [1.807, 2.05) is 0 Å². The van der Waals surface area contributed by atoms with Gasteiger partial charge in [-0.1, -0.05) is 23.2 Å². The van der Waals surface area contributed by atoms with Gasteiger partial charge in [-0.05, 0) is 28.1 Å². The second-order valence-electron chi connectivity index (χ2n) is 1.68. The SMILES string of the molecule is Fc1cc(Cl)c(Cl)c(Br)c1. The average molecular weight is 244 g/mol. The first kappa shape index (κ1) is 8.31. The van der Waals surface area contributed by atoms with Crippen molar-refractivity contribution in [1.82, 2.24) is 0 Å². The first-order chi connectivity index (χ1) is 4.61. The predicted molar refractivity (Wildman–Crippen MR) is 44.1 cm³/mol. The normalized spacial score (nSPS) is 10.0. The predicted octanol–water partition coefficient (Wildman–Crippen LogP) is 3.90. The molecule has 0 bridgehead atoms. The van der Waals surface area contributed by atoms with Crippen molar-refractivity contribution >= 4 is 39.1 Å². The monoisotopic (exact) mass is 242 g/mol. The second-order valence-corrected chi connectivity index (χ2v) is 3.32. The van der Waals surface area contributed by atoms with Gasteiger partial charge in [0.05, 0.1) is 10.0 Å². The van der Waals surface area contributed by atoms with Crippen LogP contribution in [0, 0.1) is 5.82 Å². The van der Waals surface area contributed by atoms with Crippen LogP contribution in [0.3, 0.4) is 0 Å². The van der Waals surface area contributed by atoms with Gasteiger partial charge >= 0.3 is 0 Å². The lowest BCUT2D eigenvalue weighted by atomic mass is 10.3. The molecule has 0 aliphatic carbocycles. The van der Waals surface area contributed by atoms with Crippen LogP contribution in [0.25, 0.3) is 0 Å². The maximum absolute atomic E-state index is 12.4. The molecule has 54 valence electrons. The zero-order valence-corrected chi connectivity index (χ0v) is 7.76. The molecule has 0 amide bonds. The Morgan fingerprint density at radius 2 is 1.90 bits per heavy atom. The van der Waals surface area contributed by atoms with Gasteiger partial charge in [0.1, 0.15) is 5.82 Å². The number of benzene rings is 1. The molecular weight excluding hydrogens is 242 g/mol. The summed E-state index contributed by atoms with van der Waals surface area (Å²) >= 11 is 14.2. The van der Waals surface area contributed by atoms with E-state index in [1.165, 1.54) is 6.07 Å². The molecule has 0 fully saturated rings. The van der Waals surface area contributed by atoms with E-state index in [0.717, 1.165) is 6.07 Å². The standard InChI is InChI=1S/C6H2BrCl2F/c7-4-1-3(10)2-5(8)6(4)9/h1-2H. The zero-order valence-electron chi connectivity index (χ0n) is 4.67. The highest BCUT2D eigenvalue weighted by atomic mass is 79.9. The molecule has 0 N–H and O–H groups in total. The van der Waals surface area contributed by atoms with Gasteiger partial charge in [0, 0.05) is 4.47 Å². The minimum Gasteiger partial charge on any atom is -0.207 e. The van der Waals surface area contributed by atoms with E-state index in [9.17, 15) is 4.39 Å². The van der Waals surface area contributed by atoms with Gasteiger partial charge in [-0.15, -0.1) is 0 Å². The van der Waals surface area contributed by atoms with Gasteiger partial charge in [0.2, 0.25) is 0 Å². The molecular formula is C6H2BrCl2F. The quantitative estimate of drug-likeness (QED) is 0.479. The molecule has 10 heavy (non-hydrogen) atoms. The molecule has 0 saturated heterocycles. The lowest BCUT2D eigenvalue weighted by molar-refractivity contribution is 0.627. The fourth-order valence-electron chi connectivity index (χ4n) is 0.525. The molecule has 0 nitrogen and oxygen atoms in total. The Morgan fingerprint density at radius 3 is 2.40 bits per heavy atom. The number of hydrogen-bond acceptors (Lipinski definition) is 0. The van der Waals surface area contributed by atoms with Gasteiger partial charge in [0.15, 0.2) is 0 Å². The van der Waals surface area contributed by atoms with Crippen molar-refractivity contribution < 1.29 is 4.39 Å². The molecule has 0 heterocycles. The molecule has 0 spiro atoms. The second kappa shape index (κ2) is 3.07. The summed E-state index contributed by atoms with van der Waals surface area (Å²) in [5.74, 6) is -0.402. The molecule has 1 aromatic carbocycles. The summed E-state index contributed by atoms with van der Waals surface area (Å²) in [6.45, 7) is 0. The number of hydrogen-bond donors (Lipinski definition) is 0. The maximum atomic E-state index is 12.4. The van der Waals surface area contributed by atoms with E-state index >= 15 is 0 Å². The van der Waals surface area contributed by atoms with Crippen LogP contribution in [0.1, 0.15) is 0 Å². The van der Waals surface area contributed by atoms with Crippen molar-refractivity contribution in [1.29, 1.82) is 0 Å². The maximum Gasteiger partial charge on any atom is 0.125 e. The van der Waals surface area contributed by atoms with Crippen molar-refractivity contribution in [3.63, 3.8) is 0 Å². The molecule has 0 aliphatic rings. The number of rotatable bonds is 0. The Hall–Kier alpha value is 0.210. The molecule has 0 saturated carbocycles. The number of halogens is 4.